The molecule has 0 aromatic heterocycles. The highest BCUT2D eigenvalue weighted by Crippen LogP contribution is 2.22. The van der Waals surface area contributed by atoms with Crippen LogP contribution in [0.4, 0.5) is 0 Å². The molecule has 2 aromatic carbocycles. The zero-order valence-corrected chi connectivity index (χ0v) is 11.6. The van der Waals surface area contributed by atoms with E-state index >= 15 is 0 Å². The molecule has 2 heteroatoms. The van der Waals surface area contributed by atoms with E-state index in [0.717, 1.165) is 12.2 Å². The quantitative estimate of drug-likeness (QED) is 0.889. The fourth-order valence-corrected chi connectivity index (χ4v) is 2.13. The van der Waals surface area contributed by atoms with E-state index in [1.807, 2.05) is 24.3 Å². The second kappa shape index (κ2) is 6.39. The summed E-state index contributed by atoms with van der Waals surface area (Å²) in [6, 6.07) is 14.5. The first-order chi connectivity index (χ1) is 9.22. The number of rotatable bonds is 5. The van der Waals surface area contributed by atoms with Gasteiger partial charge in [-0.25, -0.2) is 0 Å². The molecule has 0 saturated carbocycles. The lowest BCUT2D eigenvalue weighted by Crippen LogP contribution is -2.07. The van der Waals surface area contributed by atoms with Crippen molar-refractivity contribution in [2.45, 2.75) is 26.9 Å². The summed E-state index contributed by atoms with van der Waals surface area (Å²) in [7, 11) is 0. The van der Waals surface area contributed by atoms with E-state index in [4.69, 9.17) is 10.5 Å². The standard InChI is InChI=1S/C17H21NO/c1-13-6-5-9-17(14(13)2)19-12-16-8-4-3-7-15(16)10-11-18/h3-9H,10-12,18H2,1-2H3. The van der Waals surface area contributed by atoms with Crippen LogP contribution in [0.5, 0.6) is 5.75 Å². The summed E-state index contributed by atoms with van der Waals surface area (Å²) in [5, 5.41) is 0. The van der Waals surface area contributed by atoms with Gasteiger partial charge in [-0.05, 0) is 55.1 Å². The highest BCUT2D eigenvalue weighted by molar-refractivity contribution is 5.38. The van der Waals surface area contributed by atoms with Crippen LogP contribution in [0, 0.1) is 13.8 Å². The molecule has 0 spiro atoms. The molecule has 0 amide bonds. The molecular weight excluding hydrogens is 234 g/mol. The van der Waals surface area contributed by atoms with Crippen molar-refractivity contribution in [2.75, 3.05) is 6.54 Å². The van der Waals surface area contributed by atoms with Crippen LogP contribution in [0.2, 0.25) is 0 Å². The summed E-state index contributed by atoms with van der Waals surface area (Å²) in [5.41, 5.74) is 10.6. The van der Waals surface area contributed by atoms with E-state index in [0.29, 0.717) is 13.2 Å². The number of benzene rings is 2. The van der Waals surface area contributed by atoms with E-state index in [9.17, 15) is 0 Å². The van der Waals surface area contributed by atoms with Gasteiger partial charge in [0, 0.05) is 0 Å². The third-order valence-electron chi connectivity index (χ3n) is 3.47. The number of nitrogens with two attached hydrogens (primary N) is 1. The Morgan fingerprint density at radius 3 is 2.42 bits per heavy atom. The predicted octanol–water partition coefficient (Wildman–Crippen LogP) is 3.38. The minimum Gasteiger partial charge on any atom is -0.489 e. The molecule has 0 unspecified atom stereocenters. The molecule has 2 N–H and O–H groups in total. The molecule has 0 aliphatic rings. The van der Waals surface area contributed by atoms with Gasteiger partial charge >= 0.3 is 0 Å². The van der Waals surface area contributed by atoms with E-state index in [2.05, 4.69) is 32.0 Å². The first kappa shape index (κ1) is 13.6. The lowest BCUT2D eigenvalue weighted by molar-refractivity contribution is 0.302. The summed E-state index contributed by atoms with van der Waals surface area (Å²) < 4.78 is 5.95. The Morgan fingerprint density at radius 1 is 0.947 bits per heavy atom. The molecule has 0 bridgehead atoms. The average Bonchev–Trinajstić information content (AvgIpc) is 2.42. The van der Waals surface area contributed by atoms with Gasteiger partial charge < -0.3 is 10.5 Å². The van der Waals surface area contributed by atoms with Crippen LogP contribution >= 0.6 is 0 Å². The highest BCUT2D eigenvalue weighted by atomic mass is 16.5. The van der Waals surface area contributed by atoms with Crippen LogP contribution in [0.15, 0.2) is 42.5 Å². The zero-order valence-electron chi connectivity index (χ0n) is 11.6. The van der Waals surface area contributed by atoms with Crippen molar-refractivity contribution in [3.63, 3.8) is 0 Å². The molecule has 2 nitrogen and oxygen atoms in total. The summed E-state index contributed by atoms with van der Waals surface area (Å²) >= 11 is 0. The molecule has 100 valence electrons. The summed E-state index contributed by atoms with van der Waals surface area (Å²) in [6.07, 6.45) is 0.895. The maximum Gasteiger partial charge on any atom is 0.122 e. The SMILES string of the molecule is Cc1cccc(OCc2ccccc2CCN)c1C. The van der Waals surface area contributed by atoms with E-state index in [-0.39, 0.29) is 0 Å². The first-order valence-corrected chi connectivity index (χ1v) is 6.68. The van der Waals surface area contributed by atoms with E-state index in [1.54, 1.807) is 0 Å². The van der Waals surface area contributed by atoms with Crippen LogP contribution in [-0.2, 0) is 13.0 Å². The first-order valence-electron chi connectivity index (χ1n) is 6.68. The molecular formula is C17H21NO. The van der Waals surface area contributed by atoms with Gasteiger partial charge in [-0.15, -0.1) is 0 Å². The Kier molecular flexibility index (Phi) is 4.58. The van der Waals surface area contributed by atoms with Crippen LogP contribution < -0.4 is 10.5 Å². The number of ether oxygens (including phenoxy) is 1. The lowest BCUT2D eigenvalue weighted by atomic mass is 10.1. The van der Waals surface area contributed by atoms with Gasteiger partial charge in [-0.2, -0.15) is 0 Å². The number of hydrogen-bond donors (Lipinski definition) is 1. The van der Waals surface area contributed by atoms with Crippen LogP contribution in [0.3, 0.4) is 0 Å². The van der Waals surface area contributed by atoms with Gasteiger partial charge in [0.15, 0.2) is 0 Å². The van der Waals surface area contributed by atoms with E-state index in [1.165, 1.54) is 22.3 Å². The summed E-state index contributed by atoms with van der Waals surface area (Å²) in [4.78, 5) is 0. The minimum atomic E-state index is 0.598. The summed E-state index contributed by atoms with van der Waals surface area (Å²) in [5.74, 6) is 0.961. The second-order valence-electron chi connectivity index (χ2n) is 4.79. The monoisotopic (exact) mass is 255 g/mol. The molecule has 2 aromatic rings. The average molecular weight is 255 g/mol. The molecule has 0 fully saturated rings. The Balaban J connectivity index is 2.12. The third kappa shape index (κ3) is 3.36. The lowest BCUT2D eigenvalue weighted by Gasteiger charge is -2.13. The molecule has 0 heterocycles. The van der Waals surface area contributed by atoms with Crippen molar-refractivity contribution < 1.29 is 4.74 Å². The minimum absolute atomic E-state index is 0.598. The molecule has 0 aliphatic carbocycles. The fraction of sp³-hybridized carbons (Fsp3) is 0.294. The predicted molar refractivity (Wildman–Crippen MR) is 79.4 cm³/mol. The van der Waals surface area contributed by atoms with Gasteiger partial charge in [0.05, 0.1) is 0 Å². The van der Waals surface area contributed by atoms with Gasteiger partial charge in [0.1, 0.15) is 12.4 Å². The van der Waals surface area contributed by atoms with Gasteiger partial charge in [0.2, 0.25) is 0 Å². The van der Waals surface area contributed by atoms with Crippen molar-refractivity contribution in [1.82, 2.24) is 0 Å². The van der Waals surface area contributed by atoms with Crippen LogP contribution in [-0.4, -0.2) is 6.54 Å². The zero-order chi connectivity index (χ0) is 13.7. The molecule has 0 atom stereocenters. The molecule has 0 saturated heterocycles. The van der Waals surface area contributed by atoms with Gasteiger partial charge in [0.25, 0.3) is 0 Å². The fourth-order valence-electron chi connectivity index (χ4n) is 2.13. The topological polar surface area (TPSA) is 35.2 Å². The largest absolute Gasteiger partial charge is 0.489 e. The number of hydrogen-bond acceptors (Lipinski definition) is 2. The van der Waals surface area contributed by atoms with Crippen molar-refractivity contribution in [3.8, 4) is 5.75 Å². The van der Waals surface area contributed by atoms with Crippen molar-refractivity contribution in [2.24, 2.45) is 5.73 Å². The van der Waals surface area contributed by atoms with Crippen molar-refractivity contribution in [1.29, 1.82) is 0 Å². The van der Waals surface area contributed by atoms with Crippen molar-refractivity contribution >= 4 is 0 Å². The van der Waals surface area contributed by atoms with E-state index < -0.39 is 0 Å². The smallest absolute Gasteiger partial charge is 0.122 e. The Bertz CT molecular complexity index is 549. The second-order valence-corrected chi connectivity index (χ2v) is 4.79. The molecule has 19 heavy (non-hydrogen) atoms. The summed E-state index contributed by atoms with van der Waals surface area (Å²) in [6.45, 7) is 5.46. The van der Waals surface area contributed by atoms with Crippen LogP contribution in [0.25, 0.3) is 0 Å². The molecule has 0 aliphatic heterocycles. The Labute approximate surface area is 115 Å². The van der Waals surface area contributed by atoms with Crippen LogP contribution in [0.1, 0.15) is 22.3 Å². The third-order valence-corrected chi connectivity index (χ3v) is 3.47. The normalized spacial score (nSPS) is 10.5. The Hall–Kier alpha value is -1.80. The maximum absolute atomic E-state index is 5.95. The van der Waals surface area contributed by atoms with Crippen molar-refractivity contribution in [3.05, 3.63) is 64.7 Å². The molecule has 2 rings (SSSR count). The Morgan fingerprint density at radius 2 is 1.68 bits per heavy atom. The van der Waals surface area contributed by atoms with Gasteiger partial charge in [-0.3, -0.25) is 0 Å². The van der Waals surface area contributed by atoms with Gasteiger partial charge in [-0.1, -0.05) is 36.4 Å². The highest BCUT2D eigenvalue weighted by Gasteiger charge is 2.05. The number of aryl methyl sites for hydroxylation is 1. The molecule has 0 radical (unpaired) electrons. The maximum atomic E-state index is 5.95.